The van der Waals surface area contributed by atoms with Crippen LogP contribution in [0.4, 0.5) is 5.69 Å². The average Bonchev–Trinajstić information content (AvgIpc) is 2.41. The number of anilines is 1. The molecule has 0 saturated heterocycles. The first-order valence-corrected chi connectivity index (χ1v) is 6.74. The van der Waals surface area contributed by atoms with Crippen molar-refractivity contribution in [3.8, 4) is 0 Å². The summed E-state index contributed by atoms with van der Waals surface area (Å²) in [6.07, 6.45) is 0.315. The van der Waals surface area contributed by atoms with Gasteiger partial charge in [-0.25, -0.2) is 0 Å². The van der Waals surface area contributed by atoms with Crippen molar-refractivity contribution in [2.24, 2.45) is 0 Å². The number of hydrogen-bond acceptors (Lipinski definition) is 2. The van der Waals surface area contributed by atoms with Crippen molar-refractivity contribution in [2.45, 2.75) is 19.6 Å². The quantitative estimate of drug-likeness (QED) is 0.765. The van der Waals surface area contributed by atoms with E-state index in [0.717, 1.165) is 6.54 Å². The molecule has 1 aliphatic heterocycles. The molecule has 2 nitrogen and oxygen atoms in total. The third-order valence-corrected chi connectivity index (χ3v) is 3.95. The second kappa shape index (κ2) is 4.71. The molecule has 0 radical (unpaired) electrons. The fourth-order valence-corrected chi connectivity index (χ4v) is 2.99. The lowest BCUT2D eigenvalue weighted by Crippen LogP contribution is -2.41. The van der Waals surface area contributed by atoms with E-state index in [0.29, 0.717) is 6.17 Å². The lowest BCUT2D eigenvalue weighted by molar-refractivity contribution is 0.221. The number of fused-ring (bicyclic) bond motifs is 1. The molecule has 19 heavy (non-hydrogen) atoms. The van der Waals surface area contributed by atoms with Crippen molar-refractivity contribution in [3.63, 3.8) is 0 Å². The van der Waals surface area contributed by atoms with Crippen LogP contribution < -0.4 is 4.90 Å². The summed E-state index contributed by atoms with van der Waals surface area (Å²) in [5.74, 6) is 0. The Bertz CT molecular complexity index is 574. The van der Waals surface area contributed by atoms with Gasteiger partial charge in [-0.3, -0.25) is 4.90 Å². The molecule has 2 aromatic carbocycles. The Morgan fingerprint density at radius 2 is 1.63 bits per heavy atom. The van der Waals surface area contributed by atoms with Crippen LogP contribution in [-0.4, -0.2) is 19.0 Å². The maximum absolute atomic E-state index is 2.40. The highest BCUT2D eigenvalue weighted by atomic mass is 15.4. The number of nitrogens with zero attached hydrogens (tertiary/aromatic N) is 2. The number of benzene rings is 2. The molecule has 0 fully saturated rings. The lowest BCUT2D eigenvalue weighted by Gasteiger charge is -2.42. The van der Waals surface area contributed by atoms with Gasteiger partial charge in [0.05, 0.1) is 0 Å². The van der Waals surface area contributed by atoms with Crippen LogP contribution in [-0.2, 0) is 6.54 Å². The van der Waals surface area contributed by atoms with Crippen LogP contribution in [0.2, 0.25) is 0 Å². The summed E-state index contributed by atoms with van der Waals surface area (Å²) in [7, 11) is 4.37. The van der Waals surface area contributed by atoms with Crippen LogP contribution >= 0.6 is 0 Å². The van der Waals surface area contributed by atoms with Gasteiger partial charge in [-0.1, -0.05) is 48.0 Å². The summed E-state index contributed by atoms with van der Waals surface area (Å²) in [6.45, 7) is 3.13. The molecule has 3 rings (SSSR count). The van der Waals surface area contributed by atoms with Gasteiger partial charge in [0.1, 0.15) is 6.17 Å². The normalized spacial score (nSPS) is 19.3. The minimum absolute atomic E-state index is 0.315. The summed E-state index contributed by atoms with van der Waals surface area (Å²) < 4.78 is 0. The zero-order chi connectivity index (χ0) is 13.4. The Labute approximate surface area is 115 Å². The SMILES string of the molecule is Cc1ccc(C2N(C)Cc3ccccc3N2C)cc1. The van der Waals surface area contributed by atoms with Crippen molar-refractivity contribution in [1.29, 1.82) is 0 Å². The smallest absolute Gasteiger partial charge is 0.108 e. The molecule has 1 atom stereocenters. The van der Waals surface area contributed by atoms with Crippen molar-refractivity contribution < 1.29 is 0 Å². The molecule has 0 aliphatic carbocycles. The summed E-state index contributed by atoms with van der Waals surface area (Å²) >= 11 is 0. The van der Waals surface area contributed by atoms with Gasteiger partial charge in [0, 0.05) is 19.3 Å². The third kappa shape index (κ3) is 2.13. The fraction of sp³-hybridized carbons (Fsp3) is 0.294. The highest BCUT2D eigenvalue weighted by Gasteiger charge is 2.28. The average molecular weight is 252 g/mol. The molecule has 1 unspecified atom stereocenters. The Morgan fingerprint density at radius 1 is 0.947 bits per heavy atom. The molecule has 0 amide bonds. The zero-order valence-electron chi connectivity index (χ0n) is 11.8. The topological polar surface area (TPSA) is 6.48 Å². The Balaban J connectivity index is 2.01. The van der Waals surface area contributed by atoms with Crippen LogP contribution in [0.25, 0.3) is 0 Å². The molecule has 0 saturated carbocycles. The van der Waals surface area contributed by atoms with E-state index in [-0.39, 0.29) is 0 Å². The van der Waals surface area contributed by atoms with E-state index in [1.54, 1.807) is 0 Å². The molecule has 2 aromatic rings. The fourth-order valence-electron chi connectivity index (χ4n) is 2.99. The molecule has 0 bridgehead atoms. The highest BCUT2D eigenvalue weighted by molar-refractivity contribution is 5.56. The molecular formula is C17H20N2. The molecule has 1 heterocycles. The van der Waals surface area contributed by atoms with Gasteiger partial charge < -0.3 is 4.90 Å². The van der Waals surface area contributed by atoms with E-state index in [1.165, 1.54) is 22.4 Å². The number of para-hydroxylation sites is 1. The highest BCUT2D eigenvalue weighted by Crippen LogP contribution is 2.36. The van der Waals surface area contributed by atoms with Gasteiger partial charge in [-0.05, 0) is 31.2 Å². The van der Waals surface area contributed by atoms with E-state index in [2.05, 4.69) is 79.3 Å². The minimum Gasteiger partial charge on any atom is -0.355 e. The molecule has 0 N–H and O–H groups in total. The first kappa shape index (κ1) is 12.2. The number of rotatable bonds is 1. The second-order valence-electron chi connectivity index (χ2n) is 5.44. The summed E-state index contributed by atoms with van der Waals surface area (Å²) in [5.41, 5.74) is 5.40. The Morgan fingerprint density at radius 3 is 2.37 bits per heavy atom. The predicted molar refractivity (Wildman–Crippen MR) is 80.2 cm³/mol. The van der Waals surface area contributed by atoms with Crippen LogP contribution in [0.3, 0.4) is 0 Å². The molecule has 98 valence electrons. The van der Waals surface area contributed by atoms with Gasteiger partial charge in [0.2, 0.25) is 0 Å². The first-order chi connectivity index (χ1) is 9.16. The van der Waals surface area contributed by atoms with Gasteiger partial charge >= 0.3 is 0 Å². The first-order valence-electron chi connectivity index (χ1n) is 6.74. The summed E-state index contributed by atoms with van der Waals surface area (Å²) in [6, 6.07) is 17.5. The van der Waals surface area contributed by atoms with E-state index in [4.69, 9.17) is 0 Å². The van der Waals surface area contributed by atoms with E-state index in [9.17, 15) is 0 Å². The maximum Gasteiger partial charge on any atom is 0.108 e. The molecule has 1 aliphatic rings. The largest absolute Gasteiger partial charge is 0.355 e. The van der Waals surface area contributed by atoms with Crippen molar-refractivity contribution in [3.05, 3.63) is 65.2 Å². The third-order valence-electron chi connectivity index (χ3n) is 3.95. The van der Waals surface area contributed by atoms with Gasteiger partial charge in [-0.15, -0.1) is 0 Å². The molecule has 2 heteroatoms. The molecular weight excluding hydrogens is 232 g/mol. The minimum atomic E-state index is 0.315. The van der Waals surface area contributed by atoms with Crippen LogP contribution in [0.1, 0.15) is 22.9 Å². The van der Waals surface area contributed by atoms with Gasteiger partial charge in [0.25, 0.3) is 0 Å². The van der Waals surface area contributed by atoms with Gasteiger partial charge in [-0.2, -0.15) is 0 Å². The van der Waals surface area contributed by atoms with Crippen molar-refractivity contribution in [2.75, 3.05) is 19.0 Å². The summed E-state index contributed by atoms with van der Waals surface area (Å²) in [4.78, 5) is 4.76. The van der Waals surface area contributed by atoms with E-state index in [1.807, 2.05) is 0 Å². The van der Waals surface area contributed by atoms with Crippen LogP contribution in [0.15, 0.2) is 48.5 Å². The molecule has 0 spiro atoms. The number of aryl methyl sites for hydroxylation is 1. The number of hydrogen-bond donors (Lipinski definition) is 0. The zero-order valence-corrected chi connectivity index (χ0v) is 11.8. The standard InChI is InChI=1S/C17H20N2/c1-13-8-10-14(11-9-13)17-18(2)12-15-6-4-5-7-16(15)19(17)3/h4-11,17H,12H2,1-3H3. The predicted octanol–water partition coefficient (Wildman–Crippen LogP) is 3.58. The van der Waals surface area contributed by atoms with Gasteiger partial charge in [0.15, 0.2) is 0 Å². The van der Waals surface area contributed by atoms with Crippen LogP contribution in [0.5, 0.6) is 0 Å². The monoisotopic (exact) mass is 252 g/mol. The molecule has 0 aromatic heterocycles. The summed E-state index contributed by atoms with van der Waals surface area (Å²) in [5, 5.41) is 0. The van der Waals surface area contributed by atoms with Crippen molar-refractivity contribution >= 4 is 5.69 Å². The van der Waals surface area contributed by atoms with Crippen molar-refractivity contribution in [1.82, 2.24) is 4.90 Å². The Kier molecular flexibility index (Phi) is 3.03. The van der Waals surface area contributed by atoms with E-state index < -0.39 is 0 Å². The Hall–Kier alpha value is -1.80. The van der Waals surface area contributed by atoms with Crippen LogP contribution in [0, 0.1) is 6.92 Å². The lowest BCUT2D eigenvalue weighted by atomic mass is 10.0. The maximum atomic E-state index is 2.40. The van der Waals surface area contributed by atoms with E-state index >= 15 is 0 Å². The second-order valence-corrected chi connectivity index (χ2v) is 5.44.